The number of carbonyl (C=O) groups excluding carboxylic acids is 1. The molecule has 1 atom stereocenters. The SMILES string of the molecule is CCC(C)NC(=O)CN(C)S(C)(=O)=O. The van der Waals surface area contributed by atoms with E-state index in [2.05, 4.69) is 5.32 Å². The van der Waals surface area contributed by atoms with Gasteiger partial charge in [-0.15, -0.1) is 0 Å². The van der Waals surface area contributed by atoms with E-state index < -0.39 is 10.0 Å². The minimum Gasteiger partial charge on any atom is -0.353 e. The van der Waals surface area contributed by atoms with Crippen LogP contribution in [0.5, 0.6) is 0 Å². The van der Waals surface area contributed by atoms with E-state index >= 15 is 0 Å². The Morgan fingerprint density at radius 3 is 2.36 bits per heavy atom. The van der Waals surface area contributed by atoms with Crippen molar-refractivity contribution in [3.63, 3.8) is 0 Å². The number of hydrogen-bond donors (Lipinski definition) is 1. The van der Waals surface area contributed by atoms with Crippen LogP contribution in [-0.2, 0) is 14.8 Å². The van der Waals surface area contributed by atoms with Gasteiger partial charge < -0.3 is 5.32 Å². The van der Waals surface area contributed by atoms with Crippen molar-refractivity contribution in [2.75, 3.05) is 19.8 Å². The fraction of sp³-hybridized carbons (Fsp3) is 0.875. The minimum atomic E-state index is -3.27. The van der Waals surface area contributed by atoms with Crippen molar-refractivity contribution in [2.45, 2.75) is 26.3 Å². The summed E-state index contributed by atoms with van der Waals surface area (Å²) in [6, 6.07) is 0.0791. The fourth-order valence-corrected chi connectivity index (χ4v) is 1.09. The second-order valence-electron chi connectivity index (χ2n) is 3.40. The van der Waals surface area contributed by atoms with Gasteiger partial charge in [-0.25, -0.2) is 8.42 Å². The first-order valence-electron chi connectivity index (χ1n) is 4.48. The van der Waals surface area contributed by atoms with E-state index in [1.165, 1.54) is 7.05 Å². The molecule has 14 heavy (non-hydrogen) atoms. The molecule has 84 valence electrons. The van der Waals surface area contributed by atoms with Crippen LogP contribution in [0, 0.1) is 0 Å². The second kappa shape index (κ2) is 5.31. The number of hydrogen-bond acceptors (Lipinski definition) is 3. The van der Waals surface area contributed by atoms with Crippen molar-refractivity contribution in [2.24, 2.45) is 0 Å². The molecule has 0 radical (unpaired) electrons. The molecule has 0 rings (SSSR count). The molecule has 0 aliphatic heterocycles. The van der Waals surface area contributed by atoms with Crippen LogP contribution in [0.1, 0.15) is 20.3 Å². The monoisotopic (exact) mass is 222 g/mol. The first-order chi connectivity index (χ1) is 6.27. The standard InChI is InChI=1S/C8H18N2O3S/c1-5-7(2)9-8(11)6-10(3)14(4,12)13/h7H,5-6H2,1-4H3,(H,9,11). The van der Waals surface area contributed by atoms with Crippen LogP contribution in [0.25, 0.3) is 0 Å². The maximum absolute atomic E-state index is 11.3. The molecule has 0 aromatic heterocycles. The third kappa shape index (κ3) is 5.18. The van der Waals surface area contributed by atoms with Crippen LogP contribution in [-0.4, -0.2) is 44.5 Å². The Kier molecular flexibility index (Phi) is 5.07. The molecule has 0 aromatic carbocycles. The van der Waals surface area contributed by atoms with Crippen molar-refractivity contribution in [1.29, 1.82) is 0 Å². The lowest BCUT2D eigenvalue weighted by Gasteiger charge is -2.16. The van der Waals surface area contributed by atoms with Gasteiger partial charge in [-0.2, -0.15) is 4.31 Å². The molecule has 0 saturated heterocycles. The summed E-state index contributed by atoms with van der Waals surface area (Å²) < 4.78 is 23.0. The highest BCUT2D eigenvalue weighted by molar-refractivity contribution is 7.88. The summed E-state index contributed by atoms with van der Waals surface area (Å²) in [5, 5.41) is 2.69. The van der Waals surface area contributed by atoms with Crippen LogP contribution in [0.15, 0.2) is 0 Å². The minimum absolute atomic E-state index is 0.0791. The summed E-state index contributed by atoms with van der Waals surface area (Å²) in [6.07, 6.45) is 1.90. The molecule has 0 fully saturated rings. The molecule has 1 unspecified atom stereocenters. The van der Waals surface area contributed by atoms with Gasteiger partial charge in [0.05, 0.1) is 12.8 Å². The summed E-state index contributed by atoms with van der Waals surface area (Å²) in [5.41, 5.74) is 0. The number of amides is 1. The van der Waals surface area contributed by atoms with Gasteiger partial charge in [0, 0.05) is 13.1 Å². The van der Waals surface area contributed by atoms with Crippen molar-refractivity contribution >= 4 is 15.9 Å². The third-order valence-corrected chi connectivity index (χ3v) is 3.21. The highest BCUT2D eigenvalue weighted by Crippen LogP contribution is 1.93. The number of carbonyl (C=O) groups is 1. The molecule has 0 spiro atoms. The van der Waals surface area contributed by atoms with E-state index in [1.54, 1.807) is 0 Å². The van der Waals surface area contributed by atoms with E-state index in [0.717, 1.165) is 17.0 Å². The molecule has 0 heterocycles. The van der Waals surface area contributed by atoms with Gasteiger partial charge in [-0.05, 0) is 13.3 Å². The average Bonchev–Trinajstić information content (AvgIpc) is 2.02. The van der Waals surface area contributed by atoms with E-state index in [9.17, 15) is 13.2 Å². The van der Waals surface area contributed by atoms with E-state index in [4.69, 9.17) is 0 Å². The largest absolute Gasteiger partial charge is 0.353 e. The molecule has 5 nitrogen and oxygen atoms in total. The number of nitrogens with one attached hydrogen (secondary N) is 1. The van der Waals surface area contributed by atoms with Crippen molar-refractivity contribution in [3.8, 4) is 0 Å². The topological polar surface area (TPSA) is 66.5 Å². The fourth-order valence-electron chi connectivity index (χ4n) is 0.742. The van der Waals surface area contributed by atoms with Gasteiger partial charge in [-0.3, -0.25) is 4.79 Å². The van der Waals surface area contributed by atoms with Gasteiger partial charge in [0.2, 0.25) is 15.9 Å². The van der Waals surface area contributed by atoms with Crippen LogP contribution >= 0.6 is 0 Å². The lowest BCUT2D eigenvalue weighted by Crippen LogP contribution is -2.41. The highest BCUT2D eigenvalue weighted by atomic mass is 32.2. The summed E-state index contributed by atoms with van der Waals surface area (Å²) in [7, 11) is -1.89. The highest BCUT2D eigenvalue weighted by Gasteiger charge is 2.15. The zero-order valence-electron chi connectivity index (χ0n) is 9.07. The molecule has 0 bridgehead atoms. The molecular formula is C8H18N2O3S. The summed E-state index contributed by atoms with van der Waals surface area (Å²) in [5.74, 6) is -0.271. The van der Waals surface area contributed by atoms with Gasteiger partial charge >= 0.3 is 0 Å². The Morgan fingerprint density at radius 1 is 1.50 bits per heavy atom. The maximum Gasteiger partial charge on any atom is 0.235 e. The molecule has 0 aliphatic carbocycles. The third-order valence-electron chi connectivity index (χ3n) is 1.95. The number of sulfonamides is 1. The summed E-state index contributed by atoms with van der Waals surface area (Å²) in [4.78, 5) is 11.3. The zero-order chi connectivity index (χ0) is 11.4. The first-order valence-corrected chi connectivity index (χ1v) is 6.32. The van der Waals surface area contributed by atoms with Crippen molar-refractivity contribution in [3.05, 3.63) is 0 Å². The van der Waals surface area contributed by atoms with Crippen LogP contribution in [0.3, 0.4) is 0 Å². The zero-order valence-corrected chi connectivity index (χ0v) is 9.89. The van der Waals surface area contributed by atoms with Crippen molar-refractivity contribution < 1.29 is 13.2 Å². The average molecular weight is 222 g/mol. The van der Waals surface area contributed by atoms with Crippen LogP contribution < -0.4 is 5.32 Å². The van der Waals surface area contributed by atoms with Gasteiger partial charge in [-0.1, -0.05) is 6.92 Å². The number of rotatable bonds is 5. The predicted octanol–water partition coefficient (Wildman–Crippen LogP) is -0.207. The normalized spacial score (nSPS) is 14.1. The maximum atomic E-state index is 11.3. The van der Waals surface area contributed by atoms with Gasteiger partial charge in [0.1, 0.15) is 0 Å². The molecular weight excluding hydrogens is 204 g/mol. The quantitative estimate of drug-likeness (QED) is 0.700. The summed E-state index contributed by atoms with van der Waals surface area (Å²) >= 11 is 0. The molecule has 6 heteroatoms. The predicted molar refractivity (Wildman–Crippen MR) is 55.4 cm³/mol. The Morgan fingerprint density at radius 2 is 2.00 bits per heavy atom. The Labute approximate surface area is 85.5 Å². The lowest BCUT2D eigenvalue weighted by molar-refractivity contribution is -0.121. The molecule has 1 amide bonds. The van der Waals surface area contributed by atoms with Crippen molar-refractivity contribution in [1.82, 2.24) is 9.62 Å². The number of likely N-dealkylation sites (N-methyl/N-ethyl adjacent to an activating group) is 1. The molecule has 1 N–H and O–H groups in total. The second-order valence-corrected chi connectivity index (χ2v) is 5.49. The summed E-state index contributed by atoms with van der Waals surface area (Å²) in [6.45, 7) is 3.70. The Bertz CT molecular complexity index is 287. The van der Waals surface area contributed by atoms with Gasteiger partial charge in [0.15, 0.2) is 0 Å². The van der Waals surface area contributed by atoms with Crippen LogP contribution in [0.4, 0.5) is 0 Å². The molecule has 0 aromatic rings. The Balaban J connectivity index is 4.08. The lowest BCUT2D eigenvalue weighted by atomic mass is 10.2. The smallest absolute Gasteiger partial charge is 0.235 e. The first kappa shape index (κ1) is 13.4. The number of nitrogens with zero attached hydrogens (tertiary/aromatic N) is 1. The van der Waals surface area contributed by atoms with E-state index in [1.807, 2.05) is 13.8 Å². The van der Waals surface area contributed by atoms with Crippen LogP contribution in [0.2, 0.25) is 0 Å². The van der Waals surface area contributed by atoms with Gasteiger partial charge in [0.25, 0.3) is 0 Å². The van der Waals surface area contributed by atoms with E-state index in [0.29, 0.717) is 0 Å². The van der Waals surface area contributed by atoms with E-state index in [-0.39, 0.29) is 18.5 Å². The molecule has 0 saturated carbocycles. The Hall–Kier alpha value is -0.620. The molecule has 0 aliphatic rings.